The van der Waals surface area contributed by atoms with E-state index in [0.717, 1.165) is 67.6 Å². The lowest BCUT2D eigenvalue weighted by Crippen LogP contribution is -2.18. The fraction of sp³-hybridized carbons (Fsp3) is 0.422. The lowest BCUT2D eigenvalue weighted by molar-refractivity contribution is -0.122. The molecule has 0 amide bonds. The van der Waals surface area contributed by atoms with Gasteiger partial charge >= 0.3 is 0 Å². The molecule has 5 rings (SSSR count). The first-order valence-electron chi connectivity index (χ1n) is 19.1. The third kappa shape index (κ3) is 13.4. The van der Waals surface area contributed by atoms with Crippen LogP contribution in [0.3, 0.4) is 0 Å². The maximum Gasteiger partial charge on any atom is 0.217 e. The number of aliphatic hydroxyl groups excluding tert-OH is 2. The highest BCUT2D eigenvalue weighted by Crippen LogP contribution is 2.36. The molecule has 3 unspecified atom stereocenters. The number of hydrogen-bond acceptors (Lipinski definition) is 7. The van der Waals surface area contributed by atoms with Gasteiger partial charge in [-0.1, -0.05) is 80.1 Å². The highest BCUT2D eigenvalue weighted by Gasteiger charge is 2.30. The molecule has 2 aliphatic rings. The Bertz CT molecular complexity index is 1640. The normalized spacial score (nSPS) is 16.2. The number of aliphatic hydroxyl groups is 2. The van der Waals surface area contributed by atoms with Crippen LogP contribution in [0.1, 0.15) is 87.7 Å². The van der Waals surface area contributed by atoms with Gasteiger partial charge in [0.25, 0.3) is 0 Å². The predicted molar refractivity (Wildman–Crippen MR) is 208 cm³/mol. The van der Waals surface area contributed by atoms with E-state index in [9.17, 15) is 10.2 Å². The second-order valence-corrected chi connectivity index (χ2v) is 13.6. The van der Waals surface area contributed by atoms with Crippen LogP contribution in [0.15, 0.2) is 103 Å². The van der Waals surface area contributed by atoms with Gasteiger partial charge in [-0.3, -0.25) is 0 Å². The summed E-state index contributed by atoms with van der Waals surface area (Å²) in [6.45, 7) is 8.61. The molecule has 284 valence electrons. The van der Waals surface area contributed by atoms with Crippen LogP contribution in [0.2, 0.25) is 0 Å². The molecule has 53 heavy (non-hydrogen) atoms. The summed E-state index contributed by atoms with van der Waals surface area (Å²) in [5.74, 6) is 1.77. The summed E-state index contributed by atoms with van der Waals surface area (Å²) in [6.07, 6.45) is 16.0. The quantitative estimate of drug-likeness (QED) is 0.0540. The molecule has 3 atom stereocenters. The number of rotatable bonds is 24. The van der Waals surface area contributed by atoms with E-state index < -0.39 is 12.6 Å². The average Bonchev–Trinajstić information content (AvgIpc) is 4.03. The van der Waals surface area contributed by atoms with Gasteiger partial charge in [-0.05, 0) is 103 Å². The Labute approximate surface area is 314 Å². The first-order chi connectivity index (χ1) is 25.9. The molecule has 0 heterocycles. The van der Waals surface area contributed by atoms with E-state index in [-0.39, 0.29) is 5.82 Å². The molecule has 0 spiro atoms. The zero-order chi connectivity index (χ0) is 37.3. The number of benzene rings is 3. The summed E-state index contributed by atoms with van der Waals surface area (Å²) in [7, 11) is 0. The van der Waals surface area contributed by atoms with E-state index in [2.05, 4.69) is 13.5 Å². The molecule has 2 aliphatic carbocycles. The van der Waals surface area contributed by atoms with Crippen LogP contribution in [-0.2, 0) is 18.9 Å². The van der Waals surface area contributed by atoms with E-state index in [1.807, 2.05) is 66.7 Å². The maximum atomic E-state index is 15.1. The van der Waals surface area contributed by atoms with Crippen LogP contribution < -0.4 is 4.74 Å². The molecule has 7 nitrogen and oxygen atoms in total. The van der Waals surface area contributed by atoms with Crippen LogP contribution in [0.25, 0.3) is 22.8 Å². The van der Waals surface area contributed by atoms with Crippen molar-refractivity contribution in [3.05, 3.63) is 126 Å². The highest BCUT2D eigenvalue weighted by molar-refractivity contribution is 5.69. The lowest BCUT2D eigenvalue weighted by Gasteiger charge is -2.19. The Balaban J connectivity index is 1.02. The predicted octanol–water partition coefficient (Wildman–Crippen LogP) is 9.96. The van der Waals surface area contributed by atoms with Gasteiger partial charge in [0.1, 0.15) is 17.3 Å². The third-order valence-corrected chi connectivity index (χ3v) is 9.49. The molecule has 0 bridgehead atoms. The fourth-order valence-corrected chi connectivity index (χ4v) is 6.33. The van der Waals surface area contributed by atoms with Crippen molar-refractivity contribution in [3.63, 3.8) is 0 Å². The summed E-state index contributed by atoms with van der Waals surface area (Å²) in [6, 6.07) is 20.2. The molecule has 1 fully saturated rings. The zero-order valence-electron chi connectivity index (χ0n) is 31.0. The minimum atomic E-state index is -1.17. The van der Waals surface area contributed by atoms with Gasteiger partial charge in [0.2, 0.25) is 6.29 Å². The van der Waals surface area contributed by atoms with Gasteiger partial charge in [0.05, 0.1) is 32.5 Å². The minimum absolute atomic E-state index is 0.301. The molecule has 2 N–H and O–H groups in total. The van der Waals surface area contributed by atoms with Crippen LogP contribution in [0.4, 0.5) is 4.39 Å². The Morgan fingerprint density at radius 1 is 0.830 bits per heavy atom. The van der Waals surface area contributed by atoms with Crippen LogP contribution in [0, 0.1) is 11.7 Å². The van der Waals surface area contributed by atoms with Gasteiger partial charge in [-0.25, -0.2) is 4.39 Å². The van der Waals surface area contributed by atoms with Crippen molar-refractivity contribution in [2.24, 2.45) is 5.92 Å². The molecule has 3 aromatic carbocycles. The van der Waals surface area contributed by atoms with E-state index >= 15 is 4.39 Å². The topological polar surface area (TPSA) is 86.6 Å². The number of hydrogen-bond donors (Lipinski definition) is 2. The standard InChI is InChI=1S/C45H55FO7/c1-3-27-49-28-7-5-6-8-29-50-39-21-19-36(20-22-39)41-25-9-33(32-42(41)46)10-26-44(47)53-40-23-17-35(18-24-40)34-11-15-38(16-12-34)45(48)52-31-30-51-43(4-2)37-13-14-37/h3,9-12,15-17,19-23,25-26,32,37,43-45,47-48H,1,4-8,13-14,18,24,27-31H2,2H3/b26-10+. The molecule has 1 saturated carbocycles. The van der Waals surface area contributed by atoms with Gasteiger partial charge in [0.15, 0.2) is 6.29 Å². The summed E-state index contributed by atoms with van der Waals surface area (Å²) in [5, 5.41) is 21.0. The van der Waals surface area contributed by atoms with Crippen molar-refractivity contribution in [3.8, 4) is 16.9 Å². The molecule has 0 aliphatic heterocycles. The van der Waals surface area contributed by atoms with Crippen molar-refractivity contribution < 1.29 is 38.3 Å². The number of unbranched alkanes of at least 4 members (excludes halogenated alkanes) is 3. The highest BCUT2D eigenvalue weighted by atomic mass is 19.1. The molecular weight excluding hydrogens is 671 g/mol. The van der Waals surface area contributed by atoms with E-state index in [4.69, 9.17) is 23.7 Å². The zero-order valence-corrected chi connectivity index (χ0v) is 31.0. The molecule has 0 saturated heterocycles. The van der Waals surface area contributed by atoms with Crippen molar-refractivity contribution in [1.82, 2.24) is 0 Å². The Morgan fingerprint density at radius 2 is 1.57 bits per heavy atom. The lowest BCUT2D eigenvalue weighted by atomic mass is 9.96. The monoisotopic (exact) mass is 726 g/mol. The first kappa shape index (κ1) is 40.1. The van der Waals surface area contributed by atoms with Crippen molar-refractivity contribution in [2.45, 2.75) is 83.4 Å². The third-order valence-electron chi connectivity index (χ3n) is 9.49. The van der Waals surface area contributed by atoms with Crippen molar-refractivity contribution >= 4 is 11.6 Å². The van der Waals surface area contributed by atoms with E-state index in [0.29, 0.717) is 67.3 Å². The summed E-state index contributed by atoms with van der Waals surface area (Å²) < 4.78 is 43.6. The molecule has 0 radical (unpaired) electrons. The largest absolute Gasteiger partial charge is 0.494 e. The second-order valence-electron chi connectivity index (χ2n) is 13.6. The Morgan fingerprint density at radius 3 is 2.25 bits per heavy atom. The van der Waals surface area contributed by atoms with Crippen LogP contribution in [0.5, 0.6) is 5.75 Å². The summed E-state index contributed by atoms with van der Waals surface area (Å²) in [5.41, 5.74) is 4.75. The SMILES string of the molecule is C=CCOCCCCCCOc1ccc(-c2ccc(/C=C/C(O)OC3=CC=C(c4ccc(C(O)OCCOC(CC)C5CC5)cc4)CC3)cc2F)cc1. The maximum absolute atomic E-state index is 15.1. The number of ether oxygens (including phenoxy) is 5. The second kappa shape index (κ2) is 21.6. The van der Waals surface area contributed by atoms with Crippen LogP contribution >= 0.6 is 0 Å². The Kier molecular flexibility index (Phi) is 16.4. The van der Waals surface area contributed by atoms with Crippen molar-refractivity contribution in [1.29, 1.82) is 0 Å². The molecular formula is C45H55FO7. The molecule has 0 aromatic heterocycles. The number of allylic oxidation sites excluding steroid dienone is 4. The van der Waals surface area contributed by atoms with Crippen LogP contribution in [-0.4, -0.2) is 55.6 Å². The summed E-state index contributed by atoms with van der Waals surface area (Å²) >= 11 is 0. The molecule has 3 aromatic rings. The van der Waals surface area contributed by atoms with Gasteiger partial charge in [0, 0.05) is 24.2 Å². The van der Waals surface area contributed by atoms with E-state index in [1.54, 1.807) is 18.2 Å². The smallest absolute Gasteiger partial charge is 0.217 e. The average molecular weight is 727 g/mol. The van der Waals surface area contributed by atoms with Gasteiger partial charge in [-0.2, -0.15) is 0 Å². The van der Waals surface area contributed by atoms with Gasteiger partial charge < -0.3 is 33.9 Å². The first-order valence-corrected chi connectivity index (χ1v) is 19.1. The van der Waals surface area contributed by atoms with Gasteiger partial charge in [-0.15, -0.1) is 6.58 Å². The number of halogens is 1. The van der Waals surface area contributed by atoms with Crippen molar-refractivity contribution in [2.75, 3.05) is 33.0 Å². The van der Waals surface area contributed by atoms with E-state index in [1.165, 1.54) is 25.0 Å². The summed E-state index contributed by atoms with van der Waals surface area (Å²) in [4.78, 5) is 0. The molecule has 8 heteroatoms. The minimum Gasteiger partial charge on any atom is -0.494 e. The fourth-order valence-electron chi connectivity index (χ4n) is 6.33. The Hall–Kier alpha value is -4.05.